The Labute approximate surface area is 126 Å². The van der Waals surface area contributed by atoms with Gasteiger partial charge < -0.3 is 25.5 Å². The van der Waals surface area contributed by atoms with Crippen LogP contribution in [0.15, 0.2) is 10.9 Å². The molecule has 1 aliphatic heterocycles. The lowest BCUT2D eigenvalue weighted by molar-refractivity contribution is -0.119. The van der Waals surface area contributed by atoms with Gasteiger partial charge in [0.15, 0.2) is 11.4 Å². The lowest BCUT2D eigenvalue weighted by atomic mass is 10.2. The smallest absolute Gasteiger partial charge is 0.277 e. The summed E-state index contributed by atoms with van der Waals surface area (Å²) in [5, 5.41) is 12.5. The van der Waals surface area contributed by atoms with Crippen LogP contribution in [0.1, 0.15) is 23.1 Å². The van der Waals surface area contributed by atoms with Gasteiger partial charge in [-0.1, -0.05) is 0 Å². The highest BCUT2D eigenvalue weighted by molar-refractivity contribution is 5.96. The molecule has 22 heavy (non-hydrogen) atoms. The second kappa shape index (κ2) is 6.48. The third-order valence-corrected chi connectivity index (χ3v) is 3.26. The third kappa shape index (κ3) is 3.03. The molecule has 120 valence electrons. The van der Waals surface area contributed by atoms with Crippen molar-refractivity contribution in [3.05, 3.63) is 27.7 Å². The fourth-order valence-electron chi connectivity index (χ4n) is 2.13. The van der Waals surface area contributed by atoms with Crippen molar-refractivity contribution < 1.29 is 19.4 Å². The topological polar surface area (TPSA) is 113 Å². The van der Waals surface area contributed by atoms with E-state index in [1.165, 1.54) is 29.7 Å². The number of rotatable bonds is 5. The fourth-order valence-corrected chi connectivity index (χ4v) is 2.13. The van der Waals surface area contributed by atoms with E-state index in [9.17, 15) is 19.5 Å². The predicted octanol–water partition coefficient (Wildman–Crippen LogP) is -1.21. The van der Waals surface area contributed by atoms with Crippen molar-refractivity contribution in [2.45, 2.75) is 13.5 Å². The normalized spacial score (nSPS) is 13.5. The zero-order valence-corrected chi connectivity index (χ0v) is 12.4. The molecule has 2 heterocycles. The number of nitrogens with zero attached hydrogens (tertiary/aromatic N) is 2. The zero-order valence-electron chi connectivity index (χ0n) is 12.4. The number of carbonyl (C=O) groups is 2. The Morgan fingerprint density at radius 3 is 2.86 bits per heavy atom. The van der Waals surface area contributed by atoms with Gasteiger partial charge >= 0.3 is 0 Å². The predicted molar refractivity (Wildman–Crippen MR) is 77.0 cm³/mol. The van der Waals surface area contributed by atoms with Gasteiger partial charge in [-0.15, -0.1) is 0 Å². The molecule has 0 aromatic carbocycles. The second-order valence-corrected chi connectivity index (χ2v) is 4.82. The summed E-state index contributed by atoms with van der Waals surface area (Å²) in [6.45, 7) is 2.28. The highest BCUT2D eigenvalue weighted by Gasteiger charge is 2.29. The maximum atomic E-state index is 12.4. The first kappa shape index (κ1) is 15.8. The molecule has 9 heteroatoms. The van der Waals surface area contributed by atoms with Gasteiger partial charge in [0.05, 0.1) is 18.8 Å². The summed E-state index contributed by atoms with van der Waals surface area (Å²) in [4.78, 5) is 36.7. The van der Waals surface area contributed by atoms with Gasteiger partial charge in [0.1, 0.15) is 6.67 Å². The van der Waals surface area contributed by atoms with E-state index in [4.69, 9.17) is 4.74 Å². The van der Waals surface area contributed by atoms with Crippen LogP contribution >= 0.6 is 0 Å². The van der Waals surface area contributed by atoms with Gasteiger partial charge in [-0.05, 0) is 0 Å². The Kier molecular flexibility index (Phi) is 4.66. The molecule has 0 unspecified atom stereocenters. The molecule has 0 spiro atoms. The summed E-state index contributed by atoms with van der Waals surface area (Å²) < 4.78 is 6.25. The zero-order chi connectivity index (χ0) is 16.3. The number of pyridine rings is 1. The Morgan fingerprint density at radius 2 is 2.23 bits per heavy atom. The van der Waals surface area contributed by atoms with E-state index in [1.54, 1.807) is 0 Å². The van der Waals surface area contributed by atoms with Crippen molar-refractivity contribution in [1.29, 1.82) is 0 Å². The van der Waals surface area contributed by atoms with Gasteiger partial charge in [-0.3, -0.25) is 19.1 Å². The van der Waals surface area contributed by atoms with E-state index in [-0.39, 0.29) is 24.8 Å². The van der Waals surface area contributed by atoms with E-state index < -0.39 is 17.1 Å². The van der Waals surface area contributed by atoms with Gasteiger partial charge in [-0.25, -0.2) is 0 Å². The van der Waals surface area contributed by atoms with Crippen LogP contribution in [-0.4, -0.2) is 53.4 Å². The van der Waals surface area contributed by atoms with E-state index in [1.807, 2.05) is 0 Å². The number of amides is 2. The Morgan fingerprint density at radius 1 is 1.50 bits per heavy atom. The molecule has 0 aliphatic carbocycles. The molecule has 0 saturated carbocycles. The quantitative estimate of drug-likeness (QED) is 0.629. The van der Waals surface area contributed by atoms with Crippen LogP contribution < -0.4 is 16.2 Å². The SMILES string of the molecule is COCCN1CNn2c(CNC(C)=O)cc(=O)c(O)c2C1=O. The molecule has 1 aromatic rings. The molecule has 0 radical (unpaired) electrons. The van der Waals surface area contributed by atoms with E-state index in [2.05, 4.69) is 10.7 Å². The minimum Gasteiger partial charge on any atom is -0.502 e. The molecule has 2 rings (SSSR count). The monoisotopic (exact) mass is 310 g/mol. The summed E-state index contributed by atoms with van der Waals surface area (Å²) in [6.07, 6.45) is 0. The molecular weight excluding hydrogens is 292 g/mol. The van der Waals surface area contributed by atoms with Gasteiger partial charge in [0.2, 0.25) is 11.3 Å². The number of hydrogen-bond acceptors (Lipinski definition) is 6. The first-order chi connectivity index (χ1) is 10.5. The van der Waals surface area contributed by atoms with Crippen LogP contribution in [0, 0.1) is 0 Å². The summed E-state index contributed by atoms with van der Waals surface area (Å²) in [5.41, 5.74) is 2.50. The Bertz CT molecular complexity index is 655. The molecule has 0 saturated heterocycles. The fraction of sp³-hybridized carbons (Fsp3) is 0.462. The number of nitrogens with one attached hydrogen (secondary N) is 2. The summed E-state index contributed by atoms with van der Waals surface area (Å²) in [7, 11) is 1.52. The lowest BCUT2D eigenvalue weighted by Gasteiger charge is -2.32. The standard InChI is InChI=1S/C13H18N4O5/c1-8(18)14-6-9-5-10(19)12(20)11-13(21)16(3-4-22-2)7-15-17(9)11/h5,15,20H,3-4,6-7H2,1-2H3,(H,14,18). The van der Waals surface area contributed by atoms with Crippen molar-refractivity contribution in [3.63, 3.8) is 0 Å². The molecule has 2 amide bonds. The maximum absolute atomic E-state index is 12.4. The number of ether oxygens (including phenoxy) is 1. The van der Waals surface area contributed by atoms with Crippen LogP contribution in [0.5, 0.6) is 5.75 Å². The number of aromatic nitrogens is 1. The Balaban J connectivity index is 2.39. The molecule has 1 aromatic heterocycles. The average molecular weight is 310 g/mol. The number of carbonyl (C=O) groups excluding carboxylic acids is 2. The van der Waals surface area contributed by atoms with Gasteiger partial charge in [-0.2, -0.15) is 0 Å². The molecule has 1 aliphatic rings. The number of hydrogen-bond donors (Lipinski definition) is 3. The molecule has 3 N–H and O–H groups in total. The van der Waals surface area contributed by atoms with Crippen molar-refractivity contribution in [3.8, 4) is 5.75 Å². The second-order valence-electron chi connectivity index (χ2n) is 4.82. The number of fused-ring (bicyclic) bond motifs is 1. The van der Waals surface area contributed by atoms with E-state index >= 15 is 0 Å². The molecule has 9 nitrogen and oxygen atoms in total. The summed E-state index contributed by atoms with van der Waals surface area (Å²) in [6, 6.07) is 1.18. The van der Waals surface area contributed by atoms with Crippen LogP contribution in [0.3, 0.4) is 0 Å². The number of methoxy groups -OCH3 is 1. The lowest BCUT2D eigenvalue weighted by Crippen LogP contribution is -2.48. The van der Waals surface area contributed by atoms with Crippen LogP contribution in [0.4, 0.5) is 0 Å². The molecule has 0 fully saturated rings. The molecular formula is C13H18N4O5. The minimum atomic E-state index is -0.671. The van der Waals surface area contributed by atoms with Crippen LogP contribution in [-0.2, 0) is 16.1 Å². The first-order valence-corrected chi connectivity index (χ1v) is 6.70. The van der Waals surface area contributed by atoms with Crippen molar-refractivity contribution in [2.75, 3.05) is 32.4 Å². The van der Waals surface area contributed by atoms with Gasteiger partial charge in [0.25, 0.3) is 5.91 Å². The molecule has 0 atom stereocenters. The minimum absolute atomic E-state index is 0.0657. The highest BCUT2D eigenvalue weighted by Crippen LogP contribution is 2.19. The Hall–Kier alpha value is -2.55. The molecule has 0 bridgehead atoms. The van der Waals surface area contributed by atoms with E-state index in [0.29, 0.717) is 18.8 Å². The van der Waals surface area contributed by atoms with Crippen molar-refractivity contribution >= 4 is 11.8 Å². The first-order valence-electron chi connectivity index (χ1n) is 6.70. The number of aromatic hydroxyl groups is 1. The largest absolute Gasteiger partial charge is 0.502 e. The third-order valence-electron chi connectivity index (χ3n) is 3.26. The summed E-state index contributed by atoms with van der Waals surface area (Å²) >= 11 is 0. The summed E-state index contributed by atoms with van der Waals surface area (Å²) in [5.74, 6) is -1.36. The van der Waals surface area contributed by atoms with E-state index in [0.717, 1.165) is 0 Å². The van der Waals surface area contributed by atoms with Crippen LogP contribution in [0.25, 0.3) is 0 Å². The van der Waals surface area contributed by atoms with Crippen LogP contribution in [0.2, 0.25) is 0 Å². The van der Waals surface area contributed by atoms with Crippen molar-refractivity contribution in [2.24, 2.45) is 0 Å². The van der Waals surface area contributed by atoms with Gasteiger partial charge in [0, 0.05) is 26.6 Å². The average Bonchev–Trinajstić information content (AvgIpc) is 2.48. The maximum Gasteiger partial charge on any atom is 0.277 e. The van der Waals surface area contributed by atoms with Crippen molar-refractivity contribution in [1.82, 2.24) is 14.9 Å². The highest BCUT2D eigenvalue weighted by atomic mass is 16.5.